The Balaban J connectivity index is 2.60. The predicted octanol–water partition coefficient (Wildman–Crippen LogP) is 1.67. The van der Waals surface area contributed by atoms with Crippen molar-refractivity contribution in [2.24, 2.45) is 5.11 Å². The van der Waals surface area contributed by atoms with E-state index in [0.717, 1.165) is 0 Å². The van der Waals surface area contributed by atoms with E-state index in [4.69, 9.17) is 5.53 Å². The van der Waals surface area contributed by atoms with Crippen LogP contribution in [0.15, 0.2) is 45.2 Å². The molecule has 0 saturated heterocycles. The molecule has 0 aliphatic rings. The third-order valence-corrected chi connectivity index (χ3v) is 2.14. The SMILES string of the molecule is [N-]=[N+]=Nc1cccc(-c2c[nH]c(=O)[nH]c2=O)c1. The highest BCUT2D eigenvalue weighted by molar-refractivity contribution is 5.65. The number of H-pyrrole nitrogens is 2. The highest BCUT2D eigenvalue weighted by atomic mass is 16.2. The number of hydrogen-bond donors (Lipinski definition) is 2. The first-order valence-corrected chi connectivity index (χ1v) is 4.68. The third kappa shape index (κ3) is 2.24. The van der Waals surface area contributed by atoms with Gasteiger partial charge in [0, 0.05) is 16.8 Å². The number of aromatic nitrogens is 2. The number of aromatic amines is 2. The second kappa shape index (κ2) is 4.38. The summed E-state index contributed by atoms with van der Waals surface area (Å²) in [6, 6.07) is 6.51. The van der Waals surface area contributed by atoms with Crippen LogP contribution in [0.5, 0.6) is 0 Å². The topological polar surface area (TPSA) is 114 Å². The zero-order valence-electron chi connectivity index (χ0n) is 8.54. The van der Waals surface area contributed by atoms with E-state index < -0.39 is 11.2 Å². The van der Waals surface area contributed by atoms with Crippen LogP contribution >= 0.6 is 0 Å². The Hall–Kier alpha value is -2.79. The van der Waals surface area contributed by atoms with Crippen molar-refractivity contribution in [3.05, 3.63) is 61.7 Å². The van der Waals surface area contributed by atoms with E-state index >= 15 is 0 Å². The summed E-state index contributed by atoms with van der Waals surface area (Å²) in [7, 11) is 0. The minimum Gasteiger partial charge on any atom is -0.313 e. The maximum atomic E-state index is 11.5. The van der Waals surface area contributed by atoms with Crippen molar-refractivity contribution in [1.82, 2.24) is 9.97 Å². The molecular weight excluding hydrogens is 222 g/mol. The molecule has 1 heterocycles. The first-order chi connectivity index (χ1) is 8.20. The number of benzene rings is 1. The van der Waals surface area contributed by atoms with Gasteiger partial charge in [-0.2, -0.15) is 0 Å². The average Bonchev–Trinajstić information content (AvgIpc) is 2.29. The van der Waals surface area contributed by atoms with E-state index in [1.54, 1.807) is 24.3 Å². The van der Waals surface area contributed by atoms with E-state index in [-0.39, 0.29) is 0 Å². The zero-order valence-corrected chi connectivity index (χ0v) is 8.54. The number of azide groups is 1. The molecule has 1 aromatic heterocycles. The second-order valence-corrected chi connectivity index (χ2v) is 3.23. The van der Waals surface area contributed by atoms with E-state index in [1.165, 1.54) is 6.20 Å². The van der Waals surface area contributed by atoms with E-state index in [9.17, 15) is 9.59 Å². The van der Waals surface area contributed by atoms with Gasteiger partial charge >= 0.3 is 5.69 Å². The van der Waals surface area contributed by atoms with Gasteiger partial charge in [-0.05, 0) is 17.2 Å². The van der Waals surface area contributed by atoms with E-state index in [1.807, 2.05) is 0 Å². The summed E-state index contributed by atoms with van der Waals surface area (Å²) in [5.74, 6) is 0. The highest BCUT2D eigenvalue weighted by Crippen LogP contribution is 2.20. The molecule has 0 atom stereocenters. The summed E-state index contributed by atoms with van der Waals surface area (Å²) in [6.45, 7) is 0. The maximum absolute atomic E-state index is 11.5. The van der Waals surface area contributed by atoms with Crippen LogP contribution in [0.4, 0.5) is 5.69 Å². The van der Waals surface area contributed by atoms with Gasteiger partial charge in [0.1, 0.15) is 0 Å². The quantitative estimate of drug-likeness (QED) is 0.463. The van der Waals surface area contributed by atoms with Crippen LogP contribution in [0.2, 0.25) is 0 Å². The minimum atomic E-state index is -0.565. The summed E-state index contributed by atoms with van der Waals surface area (Å²) in [6.07, 6.45) is 1.32. The van der Waals surface area contributed by atoms with Crippen molar-refractivity contribution in [3.63, 3.8) is 0 Å². The molecule has 2 aromatic rings. The molecule has 2 rings (SSSR count). The molecule has 2 N–H and O–H groups in total. The monoisotopic (exact) mass is 229 g/mol. The van der Waals surface area contributed by atoms with E-state index in [0.29, 0.717) is 16.8 Å². The van der Waals surface area contributed by atoms with Gasteiger partial charge in [0.15, 0.2) is 0 Å². The fourth-order valence-electron chi connectivity index (χ4n) is 1.41. The molecule has 0 fully saturated rings. The van der Waals surface area contributed by atoms with Gasteiger partial charge in [-0.3, -0.25) is 9.78 Å². The molecule has 84 valence electrons. The van der Waals surface area contributed by atoms with Crippen LogP contribution in [0, 0.1) is 0 Å². The molecule has 17 heavy (non-hydrogen) atoms. The number of nitrogens with one attached hydrogen (secondary N) is 2. The molecule has 0 aliphatic carbocycles. The average molecular weight is 229 g/mol. The Morgan fingerprint density at radius 3 is 2.82 bits per heavy atom. The van der Waals surface area contributed by atoms with Crippen LogP contribution in [0.1, 0.15) is 0 Å². The molecule has 7 nitrogen and oxygen atoms in total. The molecule has 0 spiro atoms. The minimum absolute atomic E-state index is 0.305. The van der Waals surface area contributed by atoms with E-state index in [2.05, 4.69) is 20.0 Å². The number of rotatable bonds is 2. The van der Waals surface area contributed by atoms with Gasteiger partial charge in [-0.1, -0.05) is 23.3 Å². The maximum Gasteiger partial charge on any atom is 0.325 e. The van der Waals surface area contributed by atoms with Gasteiger partial charge < -0.3 is 4.98 Å². The van der Waals surface area contributed by atoms with Crippen LogP contribution in [-0.2, 0) is 0 Å². The molecule has 7 heteroatoms. The summed E-state index contributed by atoms with van der Waals surface area (Å²) in [5.41, 5.74) is 8.52. The Labute approximate surface area is 94.4 Å². The Morgan fingerprint density at radius 1 is 1.29 bits per heavy atom. The zero-order chi connectivity index (χ0) is 12.3. The standard InChI is InChI=1S/C10H7N5O2/c11-15-14-7-3-1-2-6(4-7)8-5-12-10(17)13-9(8)16/h1-5H,(H2,12,13,16,17). The van der Waals surface area contributed by atoms with Crippen LogP contribution < -0.4 is 11.2 Å². The van der Waals surface area contributed by atoms with Crippen LogP contribution in [-0.4, -0.2) is 9.97 Å². The normalized spacial score (nSPS) is 9.65. The lowest BCUT2D eigenvalue weighted by molar-refractivity contribution is 1.04. The molecule has 0 unspecified atom stereocenters. The molecule has 1 aromatic carbocycles. The van der Waals surface area contributed by atoms with Crippen molar-refractivity contribution in [1.29, 1.82) is 0 Å². The van der Waals surface area contributed by atoms with Gasteiger partial charge in [0.2, 0.25) is 0 Å². The molecular formula is C10H7N5O2. The van der Waals surface area contributed by atoms with Gasteiger partial charge in [-0.15, -0.1) is 0 Å². The smallest absolute Gasteiger partial charge is 0.313 e. The largest absolute Gasteiger partial charge is 0.325 e. The molecule has 0 saturated carbocycles. The Morgan fingerprint density at radius 2 is 2.12 bits per heavy atom. The van der Waals surface area contributed by atoms with Gasteiger partial charge in [0.25, 0.3) is 5.56 Å². The second-order valence-electron chi connectivity index (χ2n) is 3.23. The van der Waals surface area contributed by atoms with Crippen LogP contribution in [0.25, 0.3) is 21.6 Å². The highest BCUT2D eigenvalue weighted by Gasteiger charge is 2.03. The fraction of sp³-hybridized carbons (Fsp3) is 0. The van der Waals surface area contributed by atoms with Gasteiger partial charge in [-0.25, -0.2) is 4.79 Å². The summed E-state index contributed by atoms with van der Waals surface area (Å²) in [4.78, 5) is 29.5. The Kier molecular flexibility index (Phi) is 2.76. The molecule has 0 radical (unpaired) electrons. The first-order valence-electron chi connectivity index (χ1n) is 4.68. The summed E-state index contributed by atoms with van der Waals surface area (Å²) >= 11 is 0. The van der Waals surface area contributed by atoms with Crippen molar-refractivity contribution >= 4 is 5.69 Å². The fourth-order valence-corrected chi connectivity index (χ4v) is 1.41. The number of nitrogens with zero attached hydrogens (tertiary/aromatic N) is 3. The lowest BCUT2D eigenvalue weighted by Gasteiger charge is -2.00. The lowest BCUT2D eigenvalue weighted by Crippen LogP contribution is -2.22. The third-order valence-electron chi connectivity index (χ3n) is 2.14. The Bertz CT molecular complexity index is 709. The summed E-state index contributed by atoms with van der Waals surface area (Å²) < 4.78 is 0. The lowest BCUT2D eigenvalue weighted by atomic mass is 10.1. The molecule has 0 amide bonds. The van der Waals surface area contributed by atoms with Crippen molar-refractivity contribution in [2.75, 3.05) is 0 Å². The molecule has 0 bridgehead atoms. The van der Waals surface area contributed by atoms with Crippen molar-refractivity contribution in [2.45, 2.75) is 0 Å². The molecule has 0 aliphatic heterocycles. The summed E-state index contributed by atoms with van der Waals surface area (Å²) in [5, 5.41) is 3.44. The van der Waals surface area contributed by atoms with Crippen molar-refractivity contribution in [3.8, 4) is 11.1 Å². The number of hydrogen-bond acceptors (Lipinski definition) is 3. The van der Waals surface area contributed by atoms with Crippen molar-refractivity contribution < 1.29 is 0 Å². The van der Waals surface area contributed by atoms with Gasteiger partial charge in [0.05, 0.1) is 5.56 Å². The predicted molar refractivity (Wildman–Crippen MR) is 61.9 cm³/mol. The van der Waals surface area contributed by atoms with Crippen LogP contribution in [0.3, 0.4) is 0 Å². The first kappa shape index (κ1) is 10.7.